The van der Waals surface area contributed by atoms with Crippen LogP contribution >= 0.6 is 23.1 Å². The van der Waals surface area contributed by atoms with E-state index >= 15 is 0 Å². The Balaban J connectivity index is 1.42. The summed E-state index contributed by atoms with van der Waals surface area (Å²) in [7, 11) is 0. The maximum atomic E-state index is 12.6. The fraction of sp³-hybridized carbons (Fsp3) is 0.476. The van der Waals surface area contributed by atoms with E-state index in [0.717, 1.165) is 53.2 Å². The zero-order valence-corrected chi connectivity index (χ0v) is 19.0. The minimum atomic E-state index is -0.610. The minimum Gasteiger partial charge on any atom is -0.319 e. The van der Waals surface area contributed by atoms with Gasteiger partial charge in [-0.1, -0.05) is 18.7 Å². The van der Waals surface area contributed by atoms with Crippen molar-refractivity contribution in [1.82, 2.24) is 19.9 Å². The Morgan fingerprint density at radius 1 is 1.23 bits per heavy atom. The van der Waals surface area contributed by atoms with Crippen molar-refractivity contribution < 1.29 is 4.79 Å². The van der Waals surface area contributed by atoms with Gasteiger partial charge in [0.05, 0.1) is 5.75 Å². The Hall–Kier alpha value is -2.46. The smallest absolute Gasteiger partial charge is 0.319 e. The minimum absolute atomic E-state index is 0.0682. The van der Waals surface area contributed by atoms with Crippen LogP contribution in [-0.4, -0.2) is 31.6 Å². The van der Waals surface area contributed by atoms with Crippen molar-refractivity contribution >= 4 is 44.9 Å². The van der Waals surface area contributed by atoms with Gasteiger partial charge in [0.15, 0.2) is 0 Å². The molecule has 0 radical (unpaired) electrons. The van der Waals surface area contributed by atoms with Gasteiger partial charge in [-0.25, -0.2) is 14.8 Å². The van der Waals surface area contributed by atoms with Gasteiger partial charge in [0.2, 0.25) is 5.91 Å². The van der Waals surface area contributed by atoms with Crippen LogP contribution in [0.4, 0.5) is 5.69 Å². The van der Waals surface area contributed by atoms with Crippen molar-refractivity contribution in [1.29, 1.82) is 0 Å². The molecular weight excluding hydrogens is 434 g/mol. The number of thioether (sulfide) groups is 1. The van der Waals surface area contributed by atoms with E-state index in [1.807, 2.05) is 0 Å². The number of H-pyrrole nitrogens is 2. The van der Waals surface area contributed by atoms with Crippen molar-refractivity contribution in [2.24, 2.45) is 5.92 Å². The summed E-state index contributed by atoms with van der Waals surface area (Å²) in [6.45, 7) is 3.86. The first-order valence-electron chi connectivity index (χ1n) is 10.5. The van der Waals surface area contributed by atoms with Crippen molar-refractivity contribution in [3.63, 3.8) is 0 Å². The summed E-state index contributed by atoms with van der Waals surface area (Å²) >= 11 is 3.16. The third kappa shape index (κ3) is 4.06. The number of rotatable bonds is 5. The predicted octanol–water partition coefficient (Wildman–Crippen LogP) is 3.11. The number of anilines is 1. The largest absolute Gasteiger partial charge is 0.326 e. The molecule has 0 aliphatic heterocycles. The number of carbonyl (C=O) groups excluding carboxylic acids is 1. The second-order valence-corrected chi connectivity index (χ2v) is 10.5. The SMILES string of the molecule is Cc1[nH]c(=O)[nH]c(=O)c1NC(=O)CSc1nc(C2CC2)nc2sc3c(c12)CC[C@@H](C)C3. The van der Waals surface area contributed by atoms with Gasteiger partial charge in [0.25, 0.3) is 5.56 Å². The monoisotopic (exact) mass is 457 g/mol. The standard InChI is InChI=1S/C21H23N5O3S2/c1-9-3-6-12-13(7-9)31-20-15(12)19(24-17(25-20)11-4-5-11)30-8-14(27)23-16-10(2)22-21(29)26-18(16)28/h9,11H,3-8H2,1-2H3,(H,23,27)(H2,22,26,28,29)/t9-/m1/s1. The van der Waals surface area contributed by atoms with Gasteiger partial charge in [-0.15, -0.1) is 11.3 Å². The van der Waals surface area contributed by atoms with Gasteiger partial charge in [-0.3, -0.25) is 14.6 Å². The summed E-state index contributed by atoms with van der Waals surface area (Å²) in [5.74, 6) is 1.79. The van der Waals surface area contributed by atoms with Gasteiger partial charge < -0.3 is 10.3 Å². The lowest BCUT2D eigenvalue weighted by atomic mass is 9.89. The Morgan fingerprint density at radius 2 is 2.03 bits per heavy atom. The van der Waals surface area contributed by atoms with E-state index in [4.69, 9.17) is 9.97 Å². The maximum Gasteiger partial charge on any atom is 0.326 e. The van der Waals surface area contributed by atoms with Crippen LogP contribution in [0.1, 0.15) is 54.1 Å². The Kier molecular flexibility index (Phi) is 5.21. The van der Waals surface area contributed by atoms with Crippen LogP contribution < -0.4 is 16.6 Å². The molecule has 1 fully saturated rings. The molecule has 3 heterocycles. The summed E-state index contributed by atoms with van der Waals surface area (Å²) in [6.07, 6.45) is 5.49. The zero-order valence-electron chi connectivity index (χ0n) is 17.3. The number of thiophene rings is 1. The highest BCUT2D eigenvalue weighted by atomic mass is 32.2. The summed E-state index contributed by atoms with van der Waals surface area (Å²) in [4.78, 5) is 52.7. The van der Waals surface area contributed by atoms with Crippen LogP contribution in [0.15, 0.2) is 14.6 Å². The van der Waals surface area contributed by atoms with E-state index < -0.39 is 11.2 Å². The second-order valence-electron chi connectivity index (χ2n) is 8.44. The Labute approximate surface area is 186 Å². The predicted molar refractivity (Wildman–Crippen MR) is 122 cm³/mol. The second kappa shape index (κ2) is 7.90. The molecule has 2 aliphatic carbocycles. The van der Waals surface area contributed by atoms with E-state index in [1.54, 1.807) is 18.3 Å². The number of aromatic nitrogens is 4. The summed E-state index contributed by atoms with van der Waals surface area (Å²) in [5.41, 5.74) is 0.534. The van der Waals surface area contributed by atoms with E-state index in [1.165, 1.54) is 22.2 Å². The highest BCUT2D eigenvalue weighted by Crippen LogP contribution is 2.44. The van der Waals surface area contributed by atoms with Gasteiger partial charge >= 0.3 is 5.69 Å². The lowest BCUT2D eigenvalue weighted by Crippen LogP contribution is -2.29. The van der Waals surface area contributed by atoms with Crippen molar-refractivity contribution in [3.8, 4) is 0 Å². The maximum absolute atomic E-state index is 12.6. The molecule has 3 aromatic heterocycles. The fourth-order valence-corrected chi connectivity index (χ4v) is 6.33. The first-order valence-corrected chi connectivity index (χ1v) is 12.3. The van der Waals surface area contributed by atoms with Gasteiger partial charge in [-0.05, 0) is 50.5 Å². The van der Waals surface area contributed by atoms with Crippen LogP contribution in [0.5, 0.6) is 0 Å². The molecule has 31 heavy (non-hydrogen) atoms. The molecule has 0 bridgehead atoms. The number of amides is 1. The number of nitrogens with one attached hydrogen (secondary N) is 3. The van der Waals surface area contributed by atoms with E-state index in [2.05, 4.69) is 22.2 Å². The third-order valence-corrected chi connectivity index (χ3v) is 7.94. The molecule has 0 spiro atoms. The van der Waals surface area contributed by atoms with E-state index in [9.17, 15) is 14.4 Å². The molecule has 8 nitrogen and oxygen atoms in total. The molecule has 162 valence electrons. The van der Waals surface area contributed by atoms with Gasteiger partial charge in [-0.2, -0.15) is 0 Å². The summed E-state index contributed by atoms with van der Waals surface area (Å²) in [5, 5.41) is 4.59. The number of aryl methyl sites for hydroxylation is 2. The van der Waals surface area contributed by atoms with Crippen LogP contribution in [0.2, 0.25) is 0 Å². The Bertz CT molecular complexity index is 1300. The third-order valence-electron chi connectivity index (χ3n) is 5.82. The summed E-state index contributed by atoms with van der Waals surface area (Å²) in [6, 6.07) is 0. The van der Waals surface area contributed by atoms with Crippen molar-refractivity contribution in [2.75, 3.05) is 11.1 Å². The lowest BCUT2D eigenvalue weighted by molar-refractivity contribution is -0.113. The molecule has 1 amide bonds. The molecule has 10 heteroatoms. The number of aromatic amines is 2. The zero-order chi connectivity index (χ0) is 21.7. The number of nitrogens with zero attached hydrogens (tertiary/aromatic N) is 2. The fourth-order valence-electron chi connectivity index (χ4n) is 4.01. The first-order chi connectivity index (χ1) is 14.9. The molecule has 1 atom stereocenters. The molecule has 0 unspecified atom stereocenters. The average molecular weight is 458 g/mol. The van der Waals surface area contributed by atoms with Crippen molar-refractivity contribution in [3.05, 3.63) is 42.8 Å². The average Bonchev–Trinajstić information content (AvgIpc) is 3.49. The molecule has 2 aliphatic rings. The van der Waals surface area contributed by atoms with Gasteiger partial charge in [0, 0.05) is 21.9 Å². The van der Waals surface area contributed by atoms with Crippen LogP contribution in [0.25, 0.3) is 10.2 Å². The molecule has 0 aromatic carbocycles. The van der Waals surface area contributed by atoms with Crippen molar-refractivity contribution in [2.45, 2.75) is 56.9 Å². The normalized spacial score (nSPS) is 18.2. The number of hydrogen-bond acceptors (Lipinski definition) is 7. The van der Waals surface area contributed by atoms with E-state index in [0.29, 0.717) is 17.5 Å². The lowest BCUT2D eigenvalue weighted by Gasteiger charge is -2.18. The van der Waals surface area contributed by atoms with E-state index in [-0.39, 0.29) is 17.3 Å². The molecule has 5 rings (SSSR count). The van der Waals surface area contributed by atoms with Crippen LogP contribution in [0.3, 0.4) is 0 Å². The number of carbonyl (C=O) groups is 1. The molecule has 3 N–H and O–H groups in total. The number of hydrogen-bond donors (Lipinski definition) is 3. The highest BCUT2D eigenvalue weighted by molar-refractivity contribution is 8.00. The van der Waals surface area contributed by atoms with Crippen LogP contribution in [0, 0.1) is 12.8 Å². The highest BCUT2D eigenvalue weighted by Gasteiger charge is 2.30. The molecular formula is C21H23N5O3S2. The molecule has 1 saturated carbocycles. The molecule has 3 aromatic rings. The van der Waals surface area contributed by atoms with Gasteiger partial charge in [0.1, 0.15) is 21.4 Å². The number of fused-ring (bicyclic) bond motifs is 3. The van der Waals surface area contributed by atoms with Crippen LogP contribution in [-0.2, 0) is 17.6 Å². The Morgan fingerprint density at radius 3 is 2.77 bits per heavy atom. The topological polar surface area (TPSA) is 121 Å². The first kappa shape index (κ1) is 20.4. The quantitative estimate of drug-likeness (QED) is 0.400. The summed E-state index contributed by atoms with van der Waals surface area (Å²) < 4.78 is 0. The molecule has 0 saturated heterocycles.